The molecule has 1 N–H and O–H groups in total. The third kappa shape index (κ3) is 4.13. The van der Waals surface area contributed by atoms with Crippen molar-refractivity contribution in [2.24, 2.45) is 0 Å². The molecule has 166 valence electrons. The SMILES string of the molecule is CCCOc1ccc(NC(=O)C2(c3ccc([N+](=O)[O-])cc3)CCOCC2)c2cccnc12. The van der Waals surface area contributed by atoms with Gasteiger partial charge < -0.3 is 14.8 Å². The van der Waals surface area contributed by atoms with Crippen molar-refractivity contribution in [3.05, 3.63) is 70.4 Å². The molecule has 0 radical (unpaired) electrons. The van der Waals surface area contributed by atoms with Crippen LogP contribution in [0.15, 0.2) is 54.7 Å². The van der Waals surface area contributed by atoms with Crippen molar-refractivity contribution in [2.75, 3.05) is 25.1 Å². The molecule has 8 heteroatoms. The van der Waals surface area contributed by atoms with Gasteiger partial charge in [-0.15, -0.1) is 0 Å². The maximum Gasteiger partial charge on any atom is 0.269 e. The molecular formula is C24H25N3O5. The molecule has 1 aromatic heterocycles. The molecule has 0 unspecified atom stereocenters. The van der Waals surface area contributed by atoms with E-state index >= 15 is 0 Å². The lowest BCUT2D eigenvalue weighted by molar-refractivity contribution is -0.384. The minimum Gasteiger partial charge on any atom is -0.491 e. The van der Waals surface area contributed by atoms with Crippen LogP contribution in [0.4, 0.5) is 11.4 Å². The summed E-state index contributed by atoms with van der Waals surface area (Å²) in [5.74, 6) is 0.513. The zero-order valence-electron chi connectivity index (χ0n) is 17.9. The fraction of sp³-hybridized carbons (Fsp3) is 0.333. The number of nitro groups is 1. The number of ether oxygens (including phenoxy) is 2. The van der Waals surface area contributed by atoms with E-state index < -0.39 is 10.3 Å². The molecule has 4 rings (SSSR count). The van der Waals surface area contributed by atoms with Gasteiger partial charge in [0.15, 0.2) is 0 Å². The van der Waals surface area contributed by atoms with Crippen LogP contribution in [0.5, 0.6) is 5.75 Å². The van der Waals surface area contributed by atoms with E-state index in [0.29, 0.717) is 49.6 Å². The van der Waals surface area contributed by atoms with Crippen LogP contribution in [-0.4, -0.2) is 35.6 Å². The highest BCUT2D eigenvalue weighted by molar-refractivity contribution is 6.06. The molecule has 0 spiro atoms. The molecule has 1 saturated heterocycles. The Morgan fingerprint density at radius 1 is 1.19 bits per heavy atom. The fourth-order valence-electron chi connectivity index (χ4n) is 4.10. The van der Waals surface area contributed by atoms with Gasteiger partial charge >= 0.3 is 0 Å². The van der Waals surface area contributed by atoms with Crippen molar-refractivity contribution in [3.63, 3.8) is 0 Å². The summed E-state index contributed by atoms with van der Waals surface area (Å²) in [6.07, 6.45) is 3.56. The Morgan fingerprint density at radius 2 is 1.94 bits per heavy atom. The number of carbonyl (C=O) groups is 1. The number of benzene rings is 2. The van der Waals surface area contributed by atoms with Crippen molar-refractivity contribution in [1.82, 2.24) is 4.98 Å². The number of carbonyl (C=O) groups excluding carboxylic acids is 1. The number of nitrogens with zero attached hydrogens (tertiary/aromatic N) is 2. The molecule has 0 bridgehead atoms. The Labute approximate surface area is 185 Å². The predicted octanol–water partition coefficient (Wildman–Crippen LogP) is 4.62. The zero-order valence-corrected chi connectivity index (χ0v) is 17.9. The zero-order chi connectivity index (χ0) is 22.6. The van der Waals surface area contributed by atoms with Gasteiger partial charge in [0.05, 0.1) is 22.6 Å². The van der Waals surface area contributed by atoms with Gasteiger partial charge in [0.25, 0.3) is 5.69 Å². The van der Waals surface area contributed by atoms with Gasteiger partial charge in [-0.3, -0.25) is 19.9 Å². The lowest BCUT2D eigenvalue weighted by Crippen LogP contribution is -2.44. The lowest BCUT2D eigenvalue weighted by Gasteiger charge is -2.36. The van der Waals surface area contributed by atoms with Crippen LogP contribution >= 0.6 is 0 Å². The van der Waals surface area contributed by atoms with E-state index in [-0.39, 0.29) is 11.6 Å². The summed E-state index contributed by atoms with van der Waals surface area (Å²) in [6.45, 7) is 3.50. The number of nitro benzene ring substituents is 1. The van der Waals surface area contributed by atoms with Crippen LogP contribution in [0.25, 0.3) is 10.9 Å². The minimum atomic E-state index is -0.834. The number of aromatic nitrogens is 1. The summed E-state index contributed by atoms with van der Waals surface area (Å²) in [6, 6.07) is 13.6. The largest absolute Gasteiger partial charge is 0.491 e. The van der Waals surface area contributed by atoms with Crippen LogP contribution in [0.1, 0.15) is 31.7 Å². The number of nitrogens with one attached hydrogen (secondary N) is 1. The number of hydrogen-bond donors (Lipinski definition) is 1. The summed E-state index contributed by atoms with van der Waals surface area (Å²) in [5.41, 5.74) is 1.24. The standard InChI is InChI=1S/C24H25N3O5/c1-2-14-32-21-10-9-20(19-4-3-13-25-22(19)21)26-23(28)24(11-15-31-16-12-24)17-5-7-18(8-6-17)27(29)30/h3-10,13H,2,11-12,14-16H2,1H3,(H,26,28). The highest BCUT2D eigenvalue weighted by Crippen LogP contribution is 2.38. The average Bonchev–Trinajstić information content (AvgIpc) is 2.84. The number of rotatable bonds is 7. The van der Waals surface area contributed by atoms with E-state index in [4.69, 9.17) is 9.47 Å². The smallest absolute Gasteiger partial charge is 0.269 e. The number of pyridine rings is 1. The van der Waals surface area contributed by atoms with E-state index in [0.717, 1.165) is 17.4 Å². The molecule has 32 heavy (non-hydrogen) atoms. The van der Waals surface area contributed by atoms with Crippen molar-refractivity contribution < 1.29 is 19.2 Å². The van der Waals surface area contributed by atoms with E-state index in [2.05, 4.69) is 10.3 Å². The number of hydrogen-bond acceptors (Lipinski definition) is 6. The van der Waals surface area contributed by atoms with E-state index in [1.165, 1.54) is 12.1 Å². The van der Waals surface area contributed by atoms with E-state index in [1.54, 1.807) is 18.3 Å². The third-order valence-corrected chi connectivity index (χ3v) is 5.85. The Bertz CT molecular complexity index is 1120. The highest BCUT2D eigenvalue weighted by atomic mass is 16.6. The summed E-state index contributed by atoms with van der Waals surface area (Å²) >= 11 is 0. The first-order valence-electron chi connectivity index (χ1n) is 10.7. The van der Waals surface area contributed by atoms with Crippen LogP contribution in [-0.2, 0) is 14.9 Å². The summed E-state index contributed by atoms with van der Waals surface area (Å²) < 4.78 is 11.3. The number of anilines is 1. The highest BCUT2D eigenvalue weighted by Gasteiger charge is 2.42. The summed E-state index contributed by atoms with van der Waals surface area (Å²) in [4.78, 5) is 28.7. The van der Waals surface area contributed by atoms with Gasteiger partial charge in [0.1, 0.15) is 11.3 Å². The first-order valence-corrected chi connectivity index (χ1v) is 10.7. The second-order valence-electron chi connectivity index (χ2n) is 7.81. The summed E-state index contributed by atoms with van der Waals surface area (Å²) in [5, 5.41) is 14.9. The lowest BCUT2D eigenvalue weighted by atomic mass is 9.73. The minimum absolute atomic E-state index is 0.00361. The predicted molar refractivity (Wildman–Crippen MR) is 121 cm³/mol. The molecule has 0 saturated carbocycles. The summed E-state index contributed by atoms with van der Waals surface area (Å²) in [7, 11) is 0. The van der Waals surface area contributed by atoms with Crippen LogP contribution in [0.2, 0.25) is 0 Å². The van der Waals surface area contributed by atoms with Crippen molar-refractivity contribution in [2.45, 2.75) is 31.6 Å². The van der Waals surface area contributed by atoms with Crippen LogP contribution in [0.3, 0.4) is 0 Å². The Balaban J connectivity index is 1.69. The maximum atomic E-state index is 13.7. The molecule has 2 heterocycles. The molecule has 1 aliphatic rings. The Morgan fingerprint density at radius 3 is 2.62 bits per heavy atom. The topological polar surface area (TPSA) is 104 Å². The first-order chi connectivity index (χ1) is 15.5. The molecule has 1 amide bonds. The van der Waals surface area contributed by atoms with Crippen LogP contribution < -0.4 is 10.1 Å². The monoisotopic (exact) mass is 435 g/mol. The Kier molecular flexibility index (Phi) is 6.32. The fourth-order valence-corrected chi connectivity index (χ4v) is 4.10. The van der Waals surface area contributed by atoms with Crippen molar-refractivity contribution in [1.29, 1.82) is 0 Å². The first kappa shape index (κ1) is 21.7. The average molecular weight is 435 g/mol. The second kappa shape index (κ2) is 9.32. The molecule has 3 aromatic rings. The van der Waals surface area contributed by atoms with Crippen molar-refractivity contribution >= 4 is 28.2 Å². The number of non-ortho nitro benzene ring substituents is 1. The molecule has 8 nitrogen and oxygen atoms in total. The molecule has 1 aliphatic heterocycles. The molecule has 1 fully saturated rings. The normalized spacial score (nSPS) is 15.3. The number of amides is 1. The van der Waals surface area contributed by atoms with Gasteiger partial charge in [0.2, 0.25) is 5.91 Å². The Hall–Kier alpha value is -3.52. The third-order valence-electron chi connectivity index (χ3n) is 5.85. The maximum absolute atomic E-state index is 13.7. The molecule has 2 aromatic carbocycles. The van der Waals surface area contributed by atoms with E-state index in [1.807, 2.05) is 31.2 Å². The van der Waals surface area contributed by atoms with Gasteiger partial charge in [0, 0.05) is 36.9 Å². The van der Waals surface area contributed by atoms with Gasteiger partial charge in [-0.05, 0) is 49.1 Å². The number of fused-ring (bicyclic) bond motifs is 1. The molecular weight excluding hydrogens is 410 g/mol. The van der Waals surface area contributed by atoms with Crippen molar-refractivity contribution in [3.8, 4) is 5.75 Å². The second-order valence-corrected chi connectivity index (χ2v) is 7.81. The van der Waals surface area contributed by atoms with E-state index in [9.17, 15) is 14.9 Å². The van der Waals surface area contributed by atoms with Gasteiger partial charge in [-0.2, -0.15) is 0 Å². The van der Waals surface area contributed by atoms with Gasteiger partial charge in [-0.25, -0.2) is 0 Å². The molecule has 0 atom stereocenters. The molecule has 0 aliphatic carbocycles. The van der Waals surface area contributed by atoms with Gasteiger partial charge in [-0.1, -0.05) is 19.1 Å². The quantitative estimate of drug-likeness (QED) is 0.429. The van der Waals surface area contributed by atoms with Crippen LogP contribution in [0, 0.1) is 10.1 Å².